The van der Waals surface area contributed by atoms with Crippen LogP contribution in [-0.4, -0.2) is 28.8 Å². The standard InChI is InChI=1S/C14H21NO3/c1-9(2)12(6-7-16)15-14(18)11-4-5-13(17)10(3)8-11/h4-5,8-9,12,16-17H,6-7H2,1-3H3,(H,15,18). The summed E-state index contributed by atoms with van der Waals surface area (Å²) in [5.74, 6) is 0.270. The molecule has 100 valence electrons. The summed E-state index contributed by atoms with van der Waals surface area (Å²) in [7, 11) is 0. The van der Waals surface area contributed by atoms with Gasteiger partial charge in [0.25, 0.3) is 5.91 Å². The van der Waals surface area contributed by atoms with E-state index >= 15 is 0 Å². The van der Waals surface area contributed by atoms with E-state index < -0.39 is 0 Å². The first kappa shape index (κ1) is 14.5. The van der Waals surface area contributed by atoms with Gasteiger partial charge in [-0.3, -0.25) is 4.79 Å². The number of carbonyl (C=O) groups excluding carboxylic acids is 1. The van der Waals surface area contributed by atoms with E-state index in [1.54, 1.807) is 19.1 Å². The van der Waals surface area contributed by atoms with Crippen LogP contribution in [0.15, 0.2) is 18.2 Å². The molecule has 0 aliphatic rings. The van der Waals surface area contributed by atoms with Gasteiger partial charge in [0.2, 0.25) is 0 Å². The fourth-order valence-electron chi connectivity index (χ4n) is 1.76. The van der Waals surface area contributed by atoms with Gasteiger partial charge in [-0.2, -0.15) is 0 Å². The molecule has 18 heavy (non-hydrogen) atoms. The summed E-state index contributed by atoms with van der Waals surface area (Å²) < 4.78 is 0. The largest absolute Gasteiger partial charge is 0.508 e. The summed E-state index contributed by atoms with van der Waals surface area (Å²) in [6, 6.07) is 4.71. The lowest BCUT2D eigenvalue weighted by Gasteiger charge is -2.21. The Morgan fingerprint density at radius 2 is 2.06 bits per heavy atom. The SMILES string of the molecule is Cc1cc(C(=O)NC(CCO)C(C)C)ccc1O. The topological polar surface area (TPSA) is 69.6 Å². The second-order valence-corrected chi connectivity index (χ2v) is 4.84. The number of hydrogen-bond acceptors (Lipinski definition) is 3. The third-order valence-corrected chi connectivity index (χ3v) is 3.02. The summed E-state index contributed by atoms with van der Waals surface area (Å²) in [5.41, 5.74) is 1.19. The first-order valence-electron chi connectivity index (χ1n) is 6.17. The van der Waals surface area contributed by atoms with Crippen LogP contribution in [0, 0.1) is 12.8 Å². The van der Waals surface area contributed by atoms with E-state index in [1.165, 1.54) is 6.07 Å². The van der Waals surface area contributed by atoms with Crippen molar-refractivity contribution in [1.82, 2.24) is 5.32 Å². The molecule has 1 unspecified atom stereocenters. The second kappa shape index (κ2) is 6.40. The van der Waals surface area contributed by atoms with Crippen molar-refractivity contribution in [2.24, 2.45) is 5.92 Å². The van der Waals surface area contributed by atoms with Crippen LogP contribution in [0.2, 0.25) is 0 Å². The van der Waals surface area contributed by atoms with Gasteiger partial charge in [-0.15, -0.1) is 0 Å². The average molecular weight is 251 g/mol. The van der Waals surface area contributed by atoms with E-state index in [2.05, 4.69) is 5.32 Å². The second-order valence-electron chi connectivity index (χ2n) is 4.84. The lowest BCUT2D eigenvalue weighted by Crippen LogP contribution is -2.39. The molecule has 1 amide bonds. The zero-order valence-electron chi connectivity index (χ0n) is 11.1. The number of benzene rings is 1. The number of phenols is 1. The van der Waals surface area contributed by atoms with Gasteiger partial charge in [-0.25, -0.2) is 0 Å². The van der Waals surface area contributed by atoms with Crippen molar-refractivity contribution in [1.29, 1.82) is 0 Å². The normalized spacial score (nSPS) is 12.5. The van der Waals surface area contributed by atoms with Gasteiger partial charge in [-0.1, -0.05) is 13.8 Å². The van der Waals surface area contributed by atoms with E-state index in [4.69, 9.17) is 5.11 Å². The number of rotatable bonds is 5. The van der Waals surface area contributed by atoms with Crippen molar-refractivity contribution in [3.63, 3.8) is 0 Å². The van der Waals surface area contributed by atoms with E-state index in [0.29, 0.717) is 17.5 Å². The smallest absolute Gasteiger partial charge is 0.251 e. The Bertz CT molecular complexity index is 416. The zero-order chi connectivity index (χ0) is 13.7. The van der Waals surface area contributed by atoms with E-state index in [9.17, 15) is 9.90 Å². The van der Waals surface area contributed by atoms with Crippen LogP contribution in [0.4, 0.5) is 0 Å². The highest BCUT2D eigenvalue weighted by Crippen LogP contribution is 2.17. The Morgan fingerprint density at radius 3 is 2.56 bits per heavy atom. The number of phenolic OH excluding ortho intramolecular Hbond substituents is 1. The molecule has 0 bridgehead atoms. The Morgan fingerprint density at radius 1 is 1.39 bits per heavy atom. The monoisotopic (exact) mass is 251 g/mol. The molecule has 0 aromatic heterocycles. The van der Waals surface area contributed by atoms with Crippen molar-refractivity contribution in [2.45, 2.75) is 33.2 Å². The van der Waals surface area contributed by atoms with Crippen LogP contribution >= 0.6 is 0 Å². The van der Waals surface area contributed by atoms with Crippen molar-refractivity contribution >= 4 is 5.91 Å². The van der Waals surface area contributed by atoms with Gasteiger partial charge in [0.1, 0.15) is 5.75 Å². The van der Waals surface area contributed by atoms with Crippen LogP contribution < -0.4 is 5.32 Å². The number of amides is 1. The molecule has 1 aromatic carbocycles. The highest BCUT2D eigenvalue weighted by molar-refractivity contribution is 5.94. The Hall–Kier alpha value is -1.55. The minimum Gasteiger partial charge on any atom is -0.508 e. The van der Waals surface area contributed by atoms with Crippen molar-refractivity contribution in [3.05, 3.63) is 29.3 Å². The summed E-state index contributed by atoms with van der Waals surface area (Å²) in [4.78, 5) is 12.0. The predicted octanol–water partition coefficient (Wildman–Crippen LogP) is 1.84. The van der Waals surface area contributed by atoms with Gasteiger partial charge in [-0.05, 0) is 43.0 Å². The number of aliphatic hydroxyl groups excluding tert-OH is 1. The maximum atomic E-state index is 12.0. The number of aryl methyl sites for hydroxylation is 1. The van der Waals surface area contributed by atoms with E-state index in [1.807, 2.05) is 13.8 Å². The molecule has 0 saturated heterocycles. The molecule has 1 rings (SSSR count). The quantitative estimate of drug-likeness (QED) is 0.748. The fourth-order valence-corrected chi connectivity index (χ4v) is 1.76. The molecule has 0 aliphatic carbocycles. The number of nitrogens with one attached hydrogen (secondary N) is 1. The number of aliphatic hydroxyl groups is 1. The van der Waals surface area contributed by atoms with Gasteiger partial charge in [0, 0.05) is 18.2 Å². The Kier molecular flexibility index (Phi) is 5.16. The molecule has 0 radical (unpaired) electrons. The molecule has 1 atom stereocenters. The van der Waals surface area contributed by atoms with Gasteiger partial charge in [0.05, 0.1) is 0 Å². The lowest BCUT2D eigenvalue weighted by atomic mass is 10.0. The number of carbonyl (C=O) groups is 1. The minimum atomic E-state index is -0.176. The summed E-state index contributed by atoms with van der Waals surface area (Å²) in [6.07, 6.45) is 0.542. The summed E-state index contributed by atoms with van der Waals surface area (Å²) in [6.45, 7) is 5.81. The highest BCUT2D eigenvalue weighted by atomic mass is 16.3. The molecule has 0 heterocycles. The van der Waals surface area contributed by atoms with Crippen LogP contribution in [0.1, 0.15) is 36.2 Å². The molecule has 0 saturated carbocycles. The number of aromatic hydroxyl groups is 1. The van der Waals surface area contributed by atoms with Crippen LogP contribution in [-0.2, 0) is 0 Å². The Balaban J connectivity index is 2.77. The van der Waals surface area contributed by atoms with E-state index in [0.717, 1.165) is 0 Å². The van der Waals surface area contributed by atoms with Crippen molar-refractivity contribution < 1.29 is 15.0 Å². The fraction of sp³-hybridized carbons (Fsp3) is 0.500. The first-order chi connectivity index (χ1) is 8.45. The first-order valence-corrected chi connectivity index (χ1v) is 6.17. The highest BCUT2D eigenvalue weighted by Gasteiger charge is 2.16. The average Bonchev–Trinajstić information content (AvgIpc) is 2.31. The molecule has 1 aromatic rings. The van der Waals surface area contributed by atoms with Gasteiger partial charge in [0.15, 0.2) is 0 Å². The molecule has 3 N–H and O–H groups in total. The van der Waals surface area contributed by atoms with Crippen LogP contribution in [0.3, 0.4) is 0 Å². The van der Waals surface area contributed by atoms with Crippen LogP contribution in [0.25, 0.3) is 0 Å². The van der Waals surface area contributed by atoms with Crippen LogP contribution in [0.5, 0.6) is 5.75 Å². The number of hydrogen-bond donors (Lipinski definition) is 3. The molecule has 0 fully saturated rings. The lowest BCUT2D eigenvalue weighted by molar-refractivity contribution is 0.0916. The van der Waals surface area contributed by atoms with Gasteiger partial charge >= 0.3 is 0 Å². The molecule has 4 nitrogen and oxygen atoms in total. The molecule has 0 aliphatic heterocycles. The van der Waals surface area contributed by atoms with Crippen molar-refractivity contribution in [2.75, 3.05) is 6.61 Å². The Labute approximate surface area is 108 Å². The maximum Gasteiger partial charge on any atom is 0.251 e. The third kappa shape index (κ3) is 3.74. The van der Waals surface area contributed by atoms with Crippen molar-refractivity contribution in [3.8, 4) is 5.75 Å². The zero-order valence-corrected chi connectivity index (χ0v) is 11.1. The predicted molar refractivity (Wildman–Crippen MR) is 70.6 cm³/mol. The third-order valence-electron chi connectivity index (χ3n) is 3.02. The maximum absolute atomic E-state index is 12.0. The molecular weight excluding hydrogens is 230 g/mol. The van der Waals surface area contributed by atoms with E-state index in [-0.39, 0.29) is 30.2 Å². The minimum absolute atomic E-state index is 0.0448. The van der Waals surface area contributed by atoms with Gasteiger partial charge < -0.3 is 15.5 Å². The molecular formula is C14H21NO3. The molecule has 4 heteroatoms. The molecule has 0 spiro atoms. The summed E-state index contributed by atoms with van der Waals surface area (Å²) >= 11 is 0. The summed E-state index contributed by atoms with van der Waals surface area (Å²) in [5, 5.41) is 21.3.